The molecule has 0 unspecified atom stereocenters. The molecule has 1 heterocycles. The molecular formula is C13H18Cl2N2O4S. The molecule has 2 rings (SSSR count). The molecule has 0 saturated carbocycles. The highest BCUT2D eigenvalue weighted by atomic mass is 35.5. The molecule has 1 aromatic carbocycles. The van der Waals surface area contributed by atoms with Gasteiger partial charge in [0.05, 0.1) is 22.6 Å². The Morgan fingerprint density at radius 3 is 2.55 bits per heavy atom. The van der Waals surface area contributed by atoms with Gasteiger partial charge in [0.2, 0.25) is 10.0 Å². The lowest BCUT2D eigenvalue weighted by Gasteiger charge is -2.23. The molecule has 0 spiro atoms. The Morgan fingerprint density at radius 1 is 1.36 bits per heavy atom. The average molecular weight is 369 g/mol. The van der Waals surface area contributed by atoms with E-state index < -0.39 is 16.0 Å². The summed E-state index contributed by atoms with van der Waals surface area (Å²) in [4.78, 5) is 11.5. The van der Waals surface area contributed by atoms with Crippen LogP contribution in [-0.2, 0) is 14.8 Å². The van der Waals surface area contributed by atoms with Crippen molar-refractivity contribution in [1.29, 1.82) is 0 Å². The Kier molecular flexibility index (Phi) is 7.08. The molecule has 1 aliphatic heterocycles. The van der Waals surface area contributed by atoms with E-state index in [0.717, 1.165) is 25.9 Å². The van der Waals surface area contributed by atoms with Crippen molar-refractivity contribution in [3.8, 4) is 0 Å². The van der Waals surface area contributed by atoms with E-state index in [9.17, 15) is 13.2 Å². The van der Waals surface area contributed by atoms with Crippen LogP contribution in [0.5, 0.6) is 0 Å². The van der Waals surface area contributed by atoms with E-state index in [2.05, 4.69) is 14.8 Å². The highest BCUT2D eigenvalue weighted by Gasteiger charge is 2.23. The van der Waals surface area contributed by atoms with E-state index in [-0.39, 0.29) is 33.9 Å². The first-order valence-corrected chi connectivity index (χ1v) is 8.41. The van der Waals surface area contributed by atoms with Gasteiger partial charge in [-0.05, 0) is 44.1 Å². The maximum atomic E-state index is 12.3. The molecule has 0 bridgehead atoms. The molecule has 124 valence electrons. The number of benzene rings is 1. The first-order valence-electron chi connectivity index (χ1n) is 6.55. The number of carbonyl (C=O) groups is 1. The van der Waals surface area contributed by atoms with Crippen molar-refractivity contribution in [3.63, 3.8) is 0 Å². The predicted molar refractivity (Wildman–Crippen MR) is 86.3 cm³/mol. The van der Waals surface area contributed by atoms with Gasteiger partial charge in [0.25, 0.3) is 0 Å². The summed E-state index contributed by atoms with van der Waals surface area (Å²) in [5, 5.41) is 3.22. The number of rotatable bonds is 4. The molecule has 0 aromatic heterocycles. The van der Waals surface area contributed by atoms with Crippen LogP contribution in [0.3, 0.4) is 0 Å². The zero-order valence-electron chi connectivity index (χ0n) is 12.0. The Balaban J connectivity index is 0.00000242. The summed E-state index contributed by atoms with van der Waals surface area (Å²) in [7, 11) is -2.41. The highest BCUT2D eigenvalue weighted by Crippen LogP contribution is 2.22. The smallest absolute Gasteiger partial charge is 0.339 e. The number of hydrogen-bond acceptors (Lipinski definition) is 5. The third-order valence-corrected chi connectivity index (χ3v) is 5.15. The van der Waals surface area contributed by atoms with Gasteiger partial charge in [-0.15, -0.1) is 12.4 Å². The number of nitrogens with one attached hydrogen (secondary N) is 2. The first-order chi connectivity index (χ1) is 9.94. The zero-order chi connectivity index (χ0) is 15.5. The van der Waals surface area contributed by atoms with E-state index in [1.54, 1.807) is 0 Å². The lowest BCUT2D eigenvalue weighted by atomic mass is 10.1. The van der Waals surface area contributed by atoms with Gasteiger partial charge in [0.15, 0.2) is 0 Å². The van der Waals surface area contributed by atoms with Crippen LogP contribution in [0.25, 0.3) is 0 Å². The van der Waals surface area contributed by atoms with Gasteiger partial charge in [-0.25, -0.2) is 17.9 Å². The fraction of sp³-hybridized carbons (Fsp3) is 0.462. The Labute approximate surface area is 141 Å². The lowest BCUT2D eigenvalue weighted by Crippen LogP contribution is -2.42. The topological polar surface area (TPSA) is 84.5 Å². The van der Waals surface area contributed by atoms with E-state index in [1.165, 1.54) is 25.3 Å². The van der Waals surface area contributed by atoms with Crippen LogP contribution < -0.4 is 10.0 Å². The Bertz CT molecular complexity index is 631. The molecule has 22 heavy (non-hydrogen) atoms. The summed E-state index contributed by atoms with van der Waals surface area (Å²) in [6.45, 7) is 1.57. The maximum Gasteiger partial charge on any atom is 0.339 e. The van der Waals surface area contributed by atoms with Gasteiger partial charge in [0.1, 0.15) is 0 Å². The summed E-state index contributed by atoms with van der Waals surface area (Å²) in [5.41, 5.74) is 0.139. The van der Waals surface area contributed by atoms with Gasteiger partial charge in [-0.3, -0.25) is 0 Å². The van der Waals surface area contributed by atoms with E-state index in [0.29, 0.717) is 0 Å². The molecule has 0 aliphatic carbocycles. The SMILES string of the molecule is COC(=O)c1ccc(S(=O)(=O)NC2CCNCC2)cc1Cl.Cl. The third-order valence-electron chi connectivity index (χ3n) is 3.32. The molecule has 2 N–H and O–H groups in total. The summed E-state index contributed by atoms with van der Waals surface area (Å²) in [5.74, 6) is -0.602. The minimum absolute atomic E-state index is 0. The number of esters is 1. The minimum Gasteiger partial charge on any atom is -0.465 e. The second kappa shape index (κ2) is 8.12. The minimum atomic E-state index is -3.65. The third kappa shape index (κ3) is 4.57. The van der Waals surface area contributed by atoms with Gasteiger partial charge in [-0.2, -0.15) is 0 Å². The van der Waals surface area contributed by atoms with E-state index >= 15 is 0 Å². The summed E-state index contributed by atoms with van der Waals surface area (Å²) >= 11 is 5.95. The number of piperidine rings is 1. The molecule has 1 aromatic rings. The van der Waals surface area contributed by atoms with Gasteiger partial charge in [0, 0.05) is 6.04 Å². The van der Waals surface area contributed by atoms with Crippen LogP contribution in [0.4, 0.5) is 0 Å². The van der Waals surface area contributed by atoms with Crippen LogP contribution in [0.15, 0.2) is 23.1 Å². The van der Waals surface area contributed by atoms with E-state index in [1.807, 2.05) is 0 Å². The fourth-order valence-corrected chi connectivity index (χ4v) is 3.82. The lowest BCUT2D eigenvalue weighted by molar-refractivity contribution is 0.0601. The Hall–Kier alpha value is -0.860. The number of methoxy groups -OCH3 is 1. The maximum absolute atomic E-state index is 12.3. The van der Waals surface area contributed by atoms with E-state index in [4.69, 9.17) is 11.6 Å². The van der Waals surface area contributed by atoms with Crippen LogP contribution in [-0.4, -0.2) is 40.6 Å². The molecule has 1 saturated heterocycles. The number of hydrogen-bond donors (Lipinski definition) is 2. The van der Waals surface area contributed by atoms with Crippen LogP contribution >= 0.6 is 24.0 Å². The van der Waals surface area contributed by atoms with Gasteiger partial charge >= 0.3 is 5.97 Å². The summed E-state index contributed by atoms with van der Waals surface area (Å²) in [6, 6.07) is 3.87. The normalized spacial score (nSPS) is 15.9. The molecule has 1 aliphatic rings. The molecular weight excluding hydrogens is 351 g/mol. The number of halogens is 2. The number of ether oxygens (including phenoxy) is 1. The van der Waals surface area contributed by atoms with Crippen molar-refractivity contribution in [2.75, 3.05) is 20.2 Å². The second-order valence-corrected chi connectivity index (χ2v) is 6.90. The van der Waals surface area contributed by atoms with Crippen molar-refractivity contribution in [3.05, 3.63) is 28.8 Å². The van der Waals surface area contributed by atoms with Crippen LogP contribution in [0, 0.1) is 0 Å². The highest BCUT2D eigenvalue weighted by molar-refractivity contribution is 7.89. The first kappa shape index (κ1) is 19.2. The summed E-state index contributed by atoms with van der Waals surface area (Å²) in [6.07, 6.45) is 1.49. The number of sulfonamides is 1. The van der Waals surface area contributed by atoms with Gasteiger partial charge < -0.3 is 10.1 Å². The molecule has 9 heteroatoms. The van der Waals surface area contributed by atoms with Crippen LogP contribution in [0.1, 0.15) is 23.2 Å². The molecule has 6 nitrogen and oxygen atoms in total. The second-order valence-electron chi connectivity index (χ2n) is 4.78. The van der Waals surface area contributed by atoms with Crippen molar-refractivity contribution >= 4 is 40.0 Å². The summed E-state index contributed by atoms with van der Waals surface area (Å²) < 4.78 is 31.8. The van der Waals surface area contributed by atoms with Crippen molar-refractivity contribution in [2.24, 2.45) is 0 Å². The van der Waals surface area contributed by atoms with Crippen molar-refractivity contribution in [1.82, 2.24) is 10.0 Å². The van der Waals surface area contributed by atoms with Crippen LogP contribution in [0.2, 0.25) is 5.02 Å². The predicted octanol–water partition coefficient (Wildman–Crippen LogP) is 1.58. The van der Waals surface area contributed by atoms with Crippen molar-refractivity contribution < 1.29 is 17.9 Å². The molecule has 0 amide bonds. The molecule has 0 radical (unpaired) electrons. The monoisotopic (exact) mass is 368 g/mol. The Morgan fingerprint density at radius 2 is 2.00 bits per heavy atom. The quantitative estimate of drug-likeness (QED) is 0.788. The number of carbonyl (C=O) groups excluding carboxylic acids is 1. The molecule has 0 atom stereocenters. The fourth-order valence-electron chi connectivity index (χ4n) is 2.17. The average Bonchev–Trinajstić information content (AvgIpc) is 2.47. The largest absolute Gasteiger partial charge is 0.465 e. The zero-order valence-corrected chi connectivity index (χ0v) is 14.4. The standard InChI is InChI=1S/C13H17ClN2O4S.ClH/c1-20-13(17)11-3-2-10(8-12(11)14)21(18,19)16-9-4-6-15-7-5-9;/h2-3,8-9,15-16H,4-7H2,1H3;1H. The van der Waals surface area contributed by atoms with Gasteiger partial charge in [-0.1, -0.05) is 11.6 Å². The van der Waals surface area contributed by atoms with Crippen molar-refractivity contribution in [2.45, 2.75) is 23.8 Å². The molecule has 1 fully saturated rings.